The van der Waals surface area contributed by atoms with Gasteiger partial charge in [0.15, 0.2) is 11.6 Å². The molecule has 1 saturated heterocycles. The molecule has 1 aliphatic rings. The molecule has 2 rings (SSSR count). The van der Waals surface area contributed by atoms with E-state index in [4.69, 9.17) is 18.9 Å². The van der Waals surface area contributed by atoms with Crippen molar-refractivity contribution in [1.82, 2.24) is 5.32 Å². The average molecular weight is 464 g/mol. The molecule has 7 heteroatoms. The molecule has 1 heterocycles. The predicted molar refractivity (Wildman–Crippen MR) is 127 cm³/mol. The van der Waals surface area contributed by atoms with E-state index in [1.807, 2.05) is 44.2 Å². The number of benzene rings is 1. The van der Waals surface area contributed by atoms with E-state index in [0.29, 0.717) is 6.42 Å². The number of ketones is 1. The van der Waals surface area contributed by atoms with Crippen LogP contribution in [0, 0.1) is 0 Å². The van der Waals surface area contributed by atoms with Crippen molar-refractivity contribution in [2.75, 3.05) is 6.61 Å². The van der Waals surface area contributed by atoms with E-state index in [2.05, 4.69) is 12.2 Å². The molecule has 0 saturated carbocycles. The van der Waals surface area contributed by atoms with Crippen LogP contribution in [0.15, 0.2) is 30.3 Å². The molecule has 3 unspecified atom stereocenters. The summed E-state index contributed by atoms with van der Waals surface area (Å²) in [5.41, 5.74) is 0.270. The Morgan fingerprint density at radius 1 is 1.15 bits per heavy atom. The molecular formula is C26H41NO6. The summed E-state index contributed by atoms with van der Waals surface area (Å²) in [7, 11) is 0. The molecule has 0 bridgehead atoms. The Kier molecular flexibility index (Phi) is 10.3. The largest absolute Gasteiger partial charge is 0.444 e. The number of ether oxygens (including phenoxy) is 4. The summed E-state index contributed by atoms with van der Waals surface area (Å²) in [5, 5.41) is 2.86. The van der Waals surface area contributed by atoms with Crippen LogP contribution in [0.3, 0.4) is 0 Å². The Balaban J connectivity index is 2.24. The second kappa shape index (κ2) is 12.5. The fraction of sp³-hybridized carbons (Fsp3) is 0.692. The number of rotatable bonds is 12. The third kappa shape index (κ3) is 9.82. The zero-order chi connectivity index (χ0) is 24.5. The maximum absolute atomic E-state index is 13.3. The van der Waals surface area contributed by atoms with Crippen molar-refractivity contribution in [3.8, 4) is 0 Å². The number of nitrogens with one attached hydrogen (secondary N) is 1. The Hall–Kier alpha value is -1.96. The van der Waals surface area contributed by atoms with Gasteiger partial charge in [-0.25, -0.2) is 4.79 Å². The highest BCUT2D eigenvalue weighted by Gasteiger charge is 2.44. The van der Waals surface area contributed by atoms with Gasteiger partial charge in [0.25, 0.3) is 0 Å². The lowest BCUT2D eigenvalue weighted by atomic mass is 9.97. The molecule has 0 spiro atoms. The van der Waals surface area contributed by atoms with Gasteiger partial charge in [-0.2, -0.15) is 0 Å². The van der Waals surface area contributed by atoms with Crippen LogP contribution >= 0.6 is 0 Å². The summed E-state index contributed by atoms with van der Waals surface area (Å²) in [5.74, 6) is -0.872. The molecule has 1 fully saturated rings. The van der Waals surface area contributed by atoms with E-state index in [1.165, 1.54) is 0 Å². The van der Waals surface area contributed by atoms with Crippen LogP contribution in [-0.4, -0.2) is 48.1 Å². The van der Waals surface area contributed by atoms with Crippen LogP contribution in [0.5, 0.6) is 0 Å². The minimum atomic E-state index is -0.887. The van der Waals surface area contributed by atoms with Gasteiger partial charge in [-0.1, -0.05) is 56.5 Å². The molecule has 0 aliphatic carbocycles. The summed E-state index contributed by atoms with van der Waals surface area (Å²) in [4.78, 5) is 26.0. The van der Waals surface area contributed by atoms with Gasteiger partial charge in [0.05, 0.1) is 19.3 Å². The molecule has 1 aromatic rings. The average Bonchev–Trinajstić information content (AvgIpc) is 3.09. The number of hydrogen-bond acceptors (Lipinski definition) is 6. The van der Waals surface area contributed by atoms with Crippen molar-refractivity contribution < 1.29 is 28.5 Å². The number of Topliss-reactive ketones (excluding diaryl/α,β-unsaturated/α-hetero) is 1. The summed E-state index contributed by atoms with van der Waals surface area (Å²) < 4.78 is 23.4. The van der Waals surface area contributed by atoms with Gasteiger partial charge in [0.2, 0.25) is 0 Å². The number of hydrogen-bond donors (Lipinski definition) is 1. The first-order valence-corrected chi connectivity index (χ1v) is 12.0. The van der Waals surface area contributed by atoms with Crippen molar-refractivity contribution in [3.05, 3.63) is 35.9 Å². The molecular weight excluding hydrogens is 422 g/mol. The van der Waals surface area contributed by atoms with Crippen molar-refractivity contribution in [2.24, 2.45) is 0 Å². The lowest BCUT2D eigenvalue weighted by Gasteiger charge is -2.32. The van der Waals surface area contributed by atoms with Crippen LogP contribution in [-0.2, 0) is 30.3 Å². The molecule has 7 nitrogen and oxygen atoms in total. The first-order chi connectivity index (χ1) is 15.5. The minimum Gasteiger partial charge on any atom is -0.444 e. The third-order valence-corrected chi connectivity index (χ3v) is 5.31. The zero-order valence-corrected chi connectivity index (χ0v) is 21.0. The molecule has 3 atom stereocenters. The van der Waals surface area contributed by atoms with Crippen LogP contribution < -0.4 is 5.32 Å². The summed E-state index contributed by atoms with van der Waals surface area (Å²) in [6, 6.07) is 8.91. The standard InChI is InChI=1S/C26H41NO6/c1-7-8-9-13-16-20(28)23(30-17-19-14-11-10-12-15-19)22(21-18-31-26(5,6)32-21)27-24(29)33-25(2,3)4/h10-12,14-15,21-23H,7-9,13,16-18H2,1-6H3,(H,27,29). The first kappa shape index (κ1) is 27.3. The molecule has 33 heavy (non-hydrogen) atoms. The number of carbonyl (C=O) groups is 2. The second-order valence-electron chi connectivity index (χ2n) is 10.0. The van der Waals surface area contributed by atoms with Crippen molar-refractivity contribution in [2.45, 2.75) is 110 Å². The van der Waals surface area contributed by atoms with E-state index in [0.717, 1.165) is 31.2 Å². The Morgan fingerprint density at radius 3 is 2.42 bits per heavy atom. The highest BCUT2D eigenvalue weighted by molar-refractivity contribution is 5.84. The molecule has 0 aromatic heterocycles. The van der Waals surface area contributed by atoms with E-state index in [-0.39, 0.29) is 19.0 Å². The number of carbonyl (C=O) groups excluding carboxylic acids is 2. The quantitative estimate of drug-likeness (QED) is 0.431. The molecule has 0 radical (unpaired) electrons. The SMILES string of the molecule is CCCCCCC(=O)C(OCc1ccccc1)C(NC(=O)OC(C)(C)C)C1COC(C)(C)O1. The van der Waals surface area contributed by atoms with Crippen LogP contribution in [0.25, 0.3) is 0 Å². The first-order valence-electron chi connectivity index (χ1n) is 12.0. The molecule has 186 valence electrons. The Labute approximate surface area is 198 Å². The fourth-order valence-corrected chi connectivity index (χ4v) is 3.73. The van der Waals surface area contributed by atoms with Crippen molar-refractivity contribution in [1.29, 1.82) is 0 Å². The predicted octanol–water partition coefficient (Wildman–Crippen LogP) is 5.16. The number of unbranched alkanes of at least 4 members (excludes halogenated alkanes) is 3. The number of alkyl carbamates (subject to hydrolysis) is 1. The Morgan fingerprint density at radius 2 is 1.85 bits per heavy atom. The highest BCUT2D eigenvalue weighted by atomic mass is 16.7. The summed E-state index contributed by atoms with van der Waals surface area (Å²) in [6.07, 6.45) is 2.26. The monoisotopic (exact) mass is 463 g/mol. The summed E-state index contributed by atoms with van der Waals surface area (Å²) >= 11 is 0. The van der Waals surface area contributed by atoms with E-state index < -0.39 is 35.7 Å². The minimum absolute atomic E-state index is 0.0589. The van der Waals surface area contributed by atoms with Crippen molar-refractivity contribution >= 4 is 11.9 Å². The second-order valence-corrected chi connectivity index (χ2v) is 10.0. The summed E-state index contributed by atoms with van der Waals surface area (Å²) in [6.45, 7) is 11.6. The van der Waals surface area contributed by atoms with Gasteiger partial charge in [0, 0.05) is 6.42 Å². The van der Waals surface area contributed by atoms with Crippen molar-refractivity contribution in [3.63, 3.8) is 0 Å². The van der Waals surface area contributed by atoms with Gasteiger partial charge in [-0.15, -0.1) is 0 Å². The zero-order valence-electron chi connectivity index (χ0n) is 21.0. The maximum Gasteiger partial charge on any atom is 0.408 e. The third-order valence-electron chi connectivity index (χ3n) is 5.31. The van der Waals surface area contributed by atoms with E-state index in [1.54, 1.807) is 20.8 Å². The van der Waals surface area contributed by atoms with Gasteiger partial charge in [-0.3, -0.25) is 4.79 Å². The normalized spacial score (nSPS) is 19.6. The molecule has 1 amide bonds. The topological polar surface area (TPSA) is 83.1 Å². The lowest BCUT2D eigenvalue weighted by Crippen LogP contribution is -2.56. The molecule has 1 aromatic carbocycles. The van der Waals surface area contributed by atoms with Gasteiger partial charge in [-0.05, 0) is 46.6 Å². The fourth-order valence-electron chi connectivity index (χ4n) is 3.73. The van der Waals surface area contributed by atoms with Gasteiger partial charge >= 0.3 is 6.09 Å². The van der Waals surface area contributed by atoms with E-state index in [9.17, 15) is 9.59 Å². The lowest BCUT2D eigenvalue weighted by molar-refractivity contribution is -0.154. The van der Waals surface area contributed by atoms with Crippen LogP contribution in [0.4, 0.5) is 4.79 Å². The maximum atomic E-state index is 13.3. The van der Waals surface area contributed by atoms with Gasteiger partial charge in [0.1, 0.15) is 17.8 Å². The Bertz CT molecular complexity index is 743. The number of amides is 1. The smallest absolute Gasteiger partial charge is 0.408 e. The van der Waals surface area contributed by atoms with Gasteiger partial charge < -0.3 is 24.3 Å². The van der Waals surface area contributed by atoms with E-state index >= 15 is 0 Å². The van der Waals surface area contributed by atoms with Crippen LogP contribution in [0.2, 0.25) is 0 Å². The molecule has 1 aliphatic heterocycles. The van der Waals surface area contributed by atoms with Crippen LogP contribution in [0.1, 0.15) is 79.2 Å². The highest BCUT2D eigenvalue weighted by Crippen LogP contribution is 2.27. The molecule has 1 N–H and O–H groups in total.